The number of unbranched alkanes of at least 4 members (excludes halogenated alkanes) is 1. The summed E-state index contributed by atoms with van der Waals surface area (Å²) in [7, 11) is 0. The number of benzene rings is 1. The third-order valence-corrected chi connectivity index (χ3v) is 7.09. The molecule has 10 heteroatoms. The van der Waals surface area contributed by atoms with Crippen LogP contribution in [0.4, 0.5) is 10.1 Å². The fourth-order valence-electron chi connectivity index (χ4n) is 5.00. The zero-order valence-electron chi connectivity index (χ0n) is 22.9. The second-order valence-corrected chi connectivity index (χ2v) is 11.1. The first kappa shape index (κ1) is 30.5. The molecule has 0 amide bonds. The number of anilines is 1. The number of nitrogens with zero attached hydrogens (tertiary/aromatic N) is 3. The van der Waals surface area contributed by atoms with Gasteiger partial charge in [-0.3, -0.25) is 15.0 Å². The lowest BCUT2D eigenvalue weighted by Crippen LogP contribution is -2.31. The first-order chi connectivity index (χ1) is 18.1. The molecule has 0 bridgehead atoms. The van der Waals surface area contributed by atoms with Crippen molar-refractivity contribution in [3.8, 4) is 5.75 Å². The van der Waals surface area contributed by atoms with Crippen LogP contribution in [0.15, 0.2) is 24.3 Å². The smallest absolute Gasteiger partial charge is 0.303 e. The van der Waals surface area contributed by atoms with Crippen LogP contribution in [0.1, 0.15) is 85.7 Å². The Kier molecular flexibility index (Phi) is 10.1. The number of nitrogens with one attached hydrogen (secondary N) is 1. The van der Waals surface area contributed by atoms with Gasteiger partial charge in [-0.15, -0.1) is 17.0 Å². The van der Waals surface area contributed by atoms with E-state index in [0.717, 1.165) is 48.5 Å². The number of amidine groups is 1. The molecule has 0 unspecified atom stereocenters. The van der Waals surface area contributed by atoms with Gasteiger partial charge < -0.3 is 19.6 Å². The topological polar surface area (TPSA) is 107 Å². The molecule has 2 aliphatic rings. The summed E-state index contributed by atoms with van der Waals surface area (Å²) in [6, 6.07) is 7.21. The van der Waals surface area contributed by atoms with Crippen LogP contribution in [0, 0.1) is 5.41 Å². The first-order valence-electron chi connectivity index (χ1n) is 13.3. The van der Waals surface area contributed by atoms with Gasteiger partial charge in [-0.05, 0) is 49.3 Å². The van der Waals surface area contributed by atoms with Crippen LogP contribution in [0.5, 0.6) is 5.75 Å². The number of hydrogen-bond donors (Lipinski definition) is 2. The van der Waals surface area contributed by atoms with Crippen molar-refractivity contribution in [2.75, 3.05) is 31.1 Å². The van der Waals surface area contributed by atoms with Gasteiger partial charge in [0, 0.05) is 42.7 Å². The van der Waals surface area contributed by atoms with Crippen LogP contribution in [0.25, 0.3) is 0 Å². The number of ether oxygens (including phenoxy) is 1. The molecule has 2 aromatic rings. The number of pyridine rings is 1. The molecule has 8 nitrogen and oxygen atoms in total. The lowest BCUT2D eigenvalue weighted by atomic mass is 9.84. The summed E-state index contributed by atoms with van der Waals surface area (Å²) in [5, 5.41) is 17.5. The van der Waals surface area contributed by atoms with Crippen molar-refractivity contribution in [1.82, 2.24) is 9.88 Å². The Bertz CT molecular complexity index is 1220. The highest BCUT2D eigenvalue weighted by Crippen LogP contribution is 2.42. The summed E-state index contributed by atoms with van der Waals surface area (Å²) in [5.41, 5.74) is 3.63. The van der Waals surface area contributed by atoms with Gasteiger partial charge in [-0.2, -0.15) is 0 Å². The van der Waals surface area contributed by atoms with E-state index in [2.05, 4.69) is 30.7 Å². The molecule has 0 spiro atoms. The zero-order chi connectivity index (χ0) is 27.4. The molecule has 39 heavy (non-hydrogen) atoms. The van der Waals surface area contributed by atoms with E-state index in [0.29, 0.717) is 37.3 Å². The monoisotopic (exact) mass is 604 g/mol. The summed E-state index contributed by atoms with van der Waals surface area (Å²) in [5.74, 6) is -0.0163. The van der Waals surface area contributed by atoms with E-state index in [1.54, 1.807) is 17.0 Å². The van der Waals surface area contributed by atoms with Crippen LogP contribution < -0.4 is 9.64 Å². The molecule has 0 aliphatic carbocycles. The minimum Gasteiger partial charge on any atom is -0.491 e. The van der Waals surface area contributed by atoms with Crippen LogP contribution in [-0.2, 0) is 23.4 Å². The third kappa shape index (κ3) is 7.15. The van der Waals surface area contributed by atoms with Gasteiger partial charge >= 0.3 is 5.97 Å². The average Bonchev–Trinajstić information content (AvgIpc) is 3.51. The molecule has 1 aromatic carbocycles. The zero-order valence-corrected chi connectivity index (χ0v) is 24.6. The average molecular weight is 606 g/mol. The summed E-state index contributed by atoms with van der Waals surface area (Å²) < 4.78 is 19.4. The van der Waals surface area contributed by atoms with E-state index < -0.39 is 12.6 Å². The molecule has 0 atom stereocenters. The molecule has 2 N–H and O–H groups in total. The number of aromatic nitrogens is 1. The minimum absolute atomic E-state index is 0. The molecule has 4 rings (SSSR count). The van der Waals surface area contributed by atoms with Crippen LogP contribution >= 0.6 is 17.0 Å². The lowest BCUT2D eigenvalue weighted by molar-refractivity contribution is -0.137. The number of rotatable bonds is 11. The summed E-state index contributed by atoms with van der Waals surface area (Å²) in [4.78, 5) is 32.7. The van der Waals surface area contributed by atoms with Gasteiger partial charge in [-0.1, -0.05) is 26.8 Å². The molecular weight excluding hydrogens is 567 g/mol. The molecule has 3 heterocycles. The van der Waals surface area contributed by atoms with Crippen molar-refractivity contribution in [3.05, 3.63) is 52.3 Å². The number of halogens is 2. The van der Waals surface area contributed by atoms with E-state index in [9.17, 15) is 14.0 Å². The second kappa shape index (κ2) is 12.9. The Hall–Kier alpha value is -3.01. The Balaban J connectivity index is 0.00000420. The molecule has 1 saturated heterocycles. The van der Waals surface area contributed by atoms with E-state index in [-0.39, 0.29) is 52.7 Å². The number of hydrogen-bond acceptors (Lipinski definition) is 6. The molecule has 0 saturated carbocycles. The minimum atomic E-state index is -0.811. The van der Waals surface area contributed by atoms with E-state index in [1.807, 2.05) is 12.1 Å². The quantitative estimate of drug-likeness (QED) is 0.251. The molecule has 1 aromatic heterocycles. The SMILES string of the molecule is Br.CC(C)(C)c1cc(C(=O)CN2Cc3ccc(CF)nc3C2=N)cc(N2CCCC2)c1OCCCCC(=O)O. The van der Waals surface area contributed by atoms with Crippen molar-refractivity contribution in [3.63, 3.8) is 0 Å². The maximum atomic E-state index is 13.6. The van der Waals surface area contributed by atoms with E-state index in [1.165, 1.54) is 0 Å². The lowest BCUT2D eigenvalue weighted by Gasteiger charge is -2.30. The van der Waals surface area contributed by atoms with Crippen LogP contribution in [0.3, 0.4) is 0 Å². The fourth-order valence-corrected chi connectivity index (χ4v) is 5.00. The summed E-state index contributed by atoms with van der Waals surface area (Å²) in [6.07, 6.45) is 3.42. The number of aliphatic carboxylic acids is 1. The maximum Gasteiger partial charge on any atom is 0.303 e. The van der Waals surface area contributed by atoms with Gasteiger partial charge in [0.05, 0.1) is 24.5 Å². The van der Waals surface area contributed by atoms with Crippen molar-refractivity contribution < 1.29 is 23.8 Å². The first-order valence-corrected chi connectivity index (χ1v) is 13.3. The number of alkyl halides is 1. The van der Waals surface area contributed by atoms with Gasteiger partial charge in [0.15, 0.2) is 5.78 Å². The predicted molar refractivity (Wildman–Crippen MR) is 155 cm³/mol. The number of ketones is 1. The van der Waals surface area contributed by atoms with Crippen molar-refractivity contribution in [2.24, 2.45) is 0 Å². The molecular formula is C29H38BrFN4O4. The van der Waals surface area contributed by atoms with Crippen LogP contribution in [0.2, 0.25) is 0 Å². The highest BCUT2D eigenvalue weighted by molar-refractivity contribution is 8.93. The normalized spacial score (nSPS) is 14.8. The van der Waals surface area contributed by atoms with E-state index >= 15 is 0 Å². The summed E-state index contributed by atoms with van der Waals surface area (Å²) in [6.45, 7) is 8.15. The highest BCUT2D eigenvalue weighted by Gasteiger charge is 2.31. The second-order valence-electron chi connectivity index (χ2n) is 11.1. The fraction of sp³-hybridized carbons (Fsp3) is 0.517. The Morgan fingerprint density at radius 2 is 1.87 bits per heavy atom. The molecule has 0 radical (unpaired) electrons. The van der Waals surface area contributed by atoms with Crippen molar-refractivity contribution in [2.45, 2.75) is 71.5 Å². The Morgan fingerprint density at radius 3 is 2.51 bits per heavy atom. The van der Waals surface area contributed by atoms with Crippen molar-refractivity contribution >= 4 is 40.3 Å². The number of carboxylic acids is 1. The third-order valence-electron chi connectivity index (χ3n) is 7.09. The standard InChI is InChI=1S/C29H37FN4O4.BrH/c1-29(2,3)22-14-20(24(35)18-34-17-19-9-10-21(16-30)32-26(19)28(34)31)15-23(33-11-5-6-12-33)27(22)38-13-7-4-8-25(36)37;/h9-10,14-15,31H,4-8,11-13,16-18H2,1-3H3,(H,36,37);1H. The van der Waals surface area contributed by atoms with Gasteiger partial charge in [0.2, 0.25) is 0 Å². The number of carbonyl (C=O) groups excluding carboxylic acids is 1. The van der Waals surface area contributed by atoms with Gasteiger partial charge in [-0.25, -0.2) is 9.37 Å². The molecule has 212 valence electrons. The van der Waals surface area contributed by atoms with Crippen LogP contribution in [-0.4, -0.2) is 58.8 Å². The van der Waals surface area contributed by atoms with Gasteiger partial charge in [0.25, 0.3) is 0 Å². The predicted octanol–water partition coefficient (Wildman–Crippen LogP) is 5.68. The Morgan fingerprint density at radius 1 is 1.15 bits per heavy atom. The Labute approximate surface area is 239 Å². The van der Waals surface area contributed by atoms with E-state index in [4.69, 9.17) is 15.3 Å². The largest absolute Gasteiger partial charge is 0.491 e. The molecule has 1 fully saturated rings. The van der Waals surface area contributed by atoms with Gasteiger partial charge in [0.1, 0.15) is 24.0 Å². The number of carboxylic acid groups (broad SMARTS) is 1. The molecule has 2 aliphatic heterocycles. The summed E-state index contributed by atoms with van der Waals surface area (Å²) >= 11 is 0. The number of carbonyl (C=O) groups is 2. The maximum absolute atomic E-state index is 13.6. The number of fused-ring (bicyclic) bond motifs is 1. The number of Topliss-reactive ketones (excluding diaryl/α,β-unsaturated/α-hetero) is 1. The highest BCUT2D eigenvalue weighted by atomic mass is 79.9. The van der Waals surface area contributed by atoms with Crippen molar-refractivity contribution in [1.29, 1.82) is 5.41 Å².